The van der Waals surface area contributed by atoms with Gasteiger partial charge in [-0.1, -0.05) is 18.9 Å². The van der Waals surface area contributed by atoms with Crippen LogP contribution in [0, 0.1) is 21.8 Å². The van der Waals surface area contributed by atoms with Gasteiger partial charge >= 0.3 is 5.69 Å². The average molecular weight is 337 g/mol. The van der Waals surface area contributed by atoms with Crippen LogP contribution in [-0.4, -0.2) is 22.8 Å². The first-order valence-electron chi connectivity index (χ1n) is 7.88. The Morgan fingerprint density at radius 2 is 2.04 bits per heavy atom. The van der Waals surface area contributed by atoms with Crippen molar-refractivity contribution in [3.05, 3.63) is 39.7 Å². The second kappa shape index (κ2) is 7.85. The van der Waals surface area contributed by atoms with E-state index in [-0.39, 0.29) is 12.3 Å². The number of carbonyl (C=O) groups excluding carboxylic acids is 2. The van der Waals surface area contributed by atoms with E-state index in [1.807, 2.05) is 0 Å². The zero-order chi connectivity index (χ0) is 17.7. The van der Waals surface area contributed by atoms with Crippen LogP contribution in [0.2, 0.25) is 0 Å². The highest BCUT2D eigenvalue weighted by Gasteiger charge is 2.24. The van der Waals surface area contributed by atoms with Gasteiger partial charge in [0, 0.05) is 18.9 Å². The Labute approximate surface area is 138 Å². The van der Waals surface area contributed by atoms with Gasteiger partial charge in [-0.25, -0.2) is 0 Å². The molecule has 0 saturated heterocycles. The number of rotatable bonds is 7. The van der Waals surface area contributed by atoms with E-state index in [0.717, 1.165) is 37.8 Å². The Morgan fingerprint density at radius 1 is 1.38 bits per heavy atom. The summed E-state index contributed by atoms with van der Waals surface area (Å²) in [7, 11) is 0. The molecule has 2 rings (SSSR count). The number of nitro benzene ring substituents is 1. The Morgan fingerprint density at radius 3 is 2.62 bits per heavy atom. The predicted octanol–water partition coefficient (Wildman–Crippen LogP) is 1.83. The first-order chi connectivity index (χ1) is 11.4. The summed E-state index contributed by atoms with van der Waals surface area (Å²) in [5, 5.41) is 13.3. The smallest absolute Gasteiger partial charge is 0.305 e. The molecule has 1 atom stereocenters. The largest absolute Gasteiger partial charge is 0.368 e. The fraction of sp³-hybridized carbons (Fsp3) is 0.500. The molecule has 2 amide bonds. The lowest BCUT2D eigenvalue weighted by atomic mass is 10.0. The van der Waals surface area contributed by atoms with E-state index in [1.54, 1.807) is 0 Å². The summed E-state index contributed by atoms with van der Waals surface area (Å²) >= 11 is 0. The molecule has 0 aromatic heterocycles. The molecule has 0 spiro atoms. The Balaban J connectivity index is 2.02. The number of hydrogen-bond acceptors (Lipinski definition) is 4. The molecule has 1 fully saturated rings. The molecular formula is C16H20FN3O4. The number of nitro groups is 1. The number of hydrogen-bond donors (Lipinski definition) is 2. The summed E-state index contributed by atoms with van der Waals surface area (Å²) in [6.45, 7) is 0. The third kappa shape index (κ3) is 4.74. The van der Waals surface area contributed by atoms with Crippen LogP contribution < -0.4 is 11.1 Å². The van der Waals surface area contributed by atoms with Crippen LogP contribution in [0.25, 0.3) is 0 Å². The van der Waals surface area contributed by atoms with Gasteiger partial charge in [-0.15, -0.1) is 0 Å². The highest BCUT2D eigenvalue weighted by atomic mass is 19.1. The van der Waals surface area contributed by atoms with E-state index >= 15 is 0 Å². The normalized spacial score (nSPS) is 15.9. The highest BCUT2D eigenvalue weighted by Crippen LogP contribution is 2.27. The summed E-state index contributed by atoms with van der Waals surface area (Å²) in [5.41, 5.74) is 4.99. The highest BCUT2D eigenvalue weighted by molar-refractivity contribution is 5.86. The molecule has 0 bridgehead atoms. The number of halogens is 1. The number of amides is 2. The van der Waals surface area contributed by atoms with Crippen molar-refractivity contribution in [3.63, 3.8) is 0 Å². The van der Waals surface area contributed by atoms with E-state index in [9.17, 15) is 24.1 Å². The molecule has 130 valence electrons. The lowest BCUT2D eigenvalue weighted by Gasteiger charge is -2.17. The van der Waals surface area contributed by atoms with Crippen molar-refractivity contribution < 1.29 is 18.9 Å². The fourth-order valence-corrected chi connectivity index (χ4v) is 3.01. The number of nitrogens with two attached hydrogens (primary N) is 1. The summed E-state index contributed by atoms with van der Waals surface area (Å²) in [6, 6.07) is 2.37. The van der Waals surface area contributed by atoms with Crippen molar-refractivity contribution in [1.29, 1.82) is 0 Å². The van der Waals surface area contributed by atoms with Gasteiger partial charge in [-0.05, 0) is 30.4 Å². The molecule has 7 nitrogen and oxygen atoms in total. The Bertz CT molecular complexity index is 644. The third-order valence-corrected chi connectivity index (χ3v) is 4.27. The van der Waals surface area contributed by atoms with Crippen molar-refractivity contribution in [2.24, 2.45) is 11.7 Å². The minimum atomic E-state index is -0.982. The Kier molecular flexibility index (Phi) is 5.83. The van der Waals surface area contributed by atoms with Crippen LogP contribution >= 0.6 is 0 Å². The van der Waals surface area contributed by atoms with Gasteiger partial charge in [0.25, 0.3) is 0 Å². The molecule has 1 aromatic carbocycles. The predicted molar refractivity (Wildman–Crippen MR) is 84.5 cm³/mol. The molecule has 0 unspecified atom stereocenters. The number of nitrogens with zero attached hydrogens (tertiary/aromatic N) is 1. The van der Waals surface area contributed by atoms with Gasteiger partial charge in [0.2, 0.25) is 17.6 Å². The average Bonchev–Trinajstić information content (AvgIpc) is 3.00. The van der Waals surface area contributed by atoms with Gasteiger partial charge in [-0.3, -0.25) is 19.7 Å². The maximum atomic E-state index is 13.4. The van der Waals surface area contributed by atoms with E-state index in [2.05, 4.69) is 5.32 Å². The zero-order valence-corrected chi connectivity index (χ0v) is 13.2. The standard InChI is InChI=1S/C16H20FN3O4/c17-12-6-5-11(8-14(12)20(23)24)7-13(16(18)22)19-15(21)9-10-3-1-2-4-10/h5-6,8,10,13H,1-4,7,9H2,(H2,18,22)(H,19,21)/t13-/m0/s1. The number of benzene rings is 1. The van der Waals surface area contributed by atoms with Crippen molar-refractivity contribution in [2.75, 3.05) is 0 Å². The summed E-state index contributed by atoms with van der Waals surface area (Å²) in [5.74, 6) is -1.63. The van der Waals surface area contributed by atoms with Crippen LogP contribution in [0.1, 0.15) is 37.7 Å². The molecule has 1 aromatic rings. The summed E-state index contributed by atoms with van der Waals surface area (Å²) < 4.78 is 13.4. The zero-order valence-electron chi connectivity index (χ0n) is 13.2. The van der Waals surface area contributed by atoms with E-state index in [4.69, 9.17) is 5.73 Å². The van der Waals surface area contributed by atoms with Crippen LogP contribution in [0.3, 0.4) is 0 Å². The molecule has 1 aliphatic rings. The molecule has 24 heavy (non-hydrogen) atoms. The number of primary amides is 1. The van der Waals surface area contributed by atoms with Crippen LogP contribution in [-0.2, 0) is 16.0 Å². The SMILES string of the molecule is NC(=O)[C@H](Cc1ccc(F)c([N+](=O)[O-])c1)NC(=O)CC1CCCC1. The van der Waals surface area contributed by atoms with Crippen LogP contribution in [0.4, 0.5) is 10.1 Å². The first kappa shape index (κ1) is 17.8. The third-order valence-electron chi connectivity index (χ3n) is 4.27. The number of nitrogens with one attached hydrogen (secondary N) is 1. The van der Waals surface area contributed by atoms with Crippen LogP contribution in [0.15, 0.2) is 18.2 Å². The van der Waals surface area contributed by atoms with Gasteiger partial charge in [-0.2, -0.15) is 4.39 Å². The Hall–Kier alpha value is -2.51. The lowest BCUT2D eigenvalue weighted by Crippen LogP contribution is -2.46. The minimum absolute atomic E-state index is 0.0210. The molecule has 3 N–H and O–H groups in total. The molecule has 8 heteroatoms. The maximum Gasteiger partial charge on any atom is 0.305 e. The van der Waals surface area contributed by atoms with Crippen molar-refractivity contribution in [1.82, 2.24) is 5.32 Å². The van der Waals surface area contributed by atoms with E-state index < -0.39 is 28.4 Å². The second-order valence-electron chi connectivity index (χ2n) is 6.12. The van der Waals surface area contributed by atoms with Gasteiger partial charge in [0.1, 0.15) is 6.04 Å². The molecular weight excluding hydrogens is 317 g/mol. The topological polar surface area (TPSA) is 115 Å². The molecule has 1 aliphatic carbocycles. The number of carbonyl (C=O) groups is 2. The van der Waals surface area contributed by atoms with Crippen molar-refractivity contribution >= 4 is 17.5 Å². The second-order valence-corrected chi connectivity index (χ2v) is 6.12. The monoisotopic (exact) mass is 337 g/mol. The quantitative estimate of drug-likeness (QED) is 0.583. The van der Waals surface area contributed by atoms with E-state index in [1.165, 1.54) is 6.07 Å². The van der Waals surface area contributed by atoms with Crippen LogP contribution in [0.5, 0.6) is 0 Å². The fourth-order valence-electron chi connectivity index (χ4n) is 3.01. The summed E-state index contributed by atoms with van der Waals surface area (Å²) in [6.07, 6.45) is 4.53. The van der Waals surface area contributed by atoms with Gasteiger partial charge in [0.15, 0.2) is 0 Å². The molecule has 0 radical (unpaired) electrons. The van der Waals surface area contributed by atoms with Gasteiger partial charge in [0.05, 0.1) is 4.92 Å². The van der Waals surface area contributed by atoms with Crippen molar-refractivity contribution in [3.8, 4) is 0 Å². The lowest BCUT2D eigenvalue weighted by molar-refractivity contribution is -0.387. The molecule has 0 heterocycles. The van der Waals surface area contributed by atoms with E-state index in [0.29, 0.717) is 17.9 Å². The molecule has 0 aliphatic heterocycles. The summed E-state index contributed by atoms with van der Waals surface area (Å²) in [4.78, 5) is 33.5. The van der Waals surface area contributed by atoms with Crippen molar-refractivity contribution in [2.45, 2.75) is 44.6 Å². The first-order valence-corrected chi connectivity index (χ1v) is 7.88. The maximum absolute atomic E-state index is 13.4. The van der Waals surface area contributed by atoms with Gasteiger partial charge < -0.3 is 11.1 Å². The molecule has 1 saturated carbocycles. The minimum Gasteiger partial charge on any atom is -0.368 e.